The summed E-state index contributed by atoms with van der Waals surface area (Å²) in [6.07, 6.45) is 0. The van der Waals surface area contributed by atoms with Gasteiger partial charge in [0, 0.05) is 37.7 Å². The van der Waals surface area contributed by atoms with Crippen LogP contribution in [0.3, 0.4) is 0 Å². The monoisotopic (exact) mass is 358 g/mol. The van der Waals surface area contributed by atoms with Gasteiger partial charge in [0.2, 0.25) is 0 Å². The molecule has 0 saturated carbocycles. The number of benzene rings is 2. The number of piperazine rings is 1. The van der Waals surface area contributed by atoms with Crippen molar-refractivity contribution in [1.82, 2.24) is 9.80 Å². The number of hydrogen-bond donors (Lipinski definition) is 0. The zero-order chi connectivity index (χ0) is 17.8. The Bertz CT molecular complexity index is 755. The molecule has 0 atom stereocenters. The SMILES string of the molecule is COc1ccc(Cl)cc1C(=O)N1CCN(Cc2ccccc2C)CC1. The first-order valence-corrected chi connectivity index (χ1v) is 8.86. The first-order chi connectivity index (χ1) is 12.1. The van der Waals surface area contributed by atoms with E-state index < -0.39 is 0 Å². The Morgan fingerprint density at radius 1 is 1.12 bits per heavy atom. The fraction of sp³-hybridized carbons (Fsp3) is 0.350. The molecule has 132 valence electrons. The van der Waals surface area contributed by atoms with Crippen molar-refractivity contribution >= 4 is 17.5 Å². The van der Waals surface area contributed by atoms with Crippen molar-refractivity contribution in [1.29, 1.82) is 0 Å². The summed E-state index contributed by atoms with van der Waals surface area (Å²) in [6, 6.07) is 13.6. The summed E-state index contributed by atoms with van der Waals surface area (Å²) >= 11 is 6.05. The molecule has 0 unspecified atom stereocenters. The van der Waals surface area contributed by atoms with Gasteiger partial charge in [-0.1, -0.05) is 35.9 Å². The summed E-state index contributed by atoms with van der Waals surface area (Å²) in [4.78, 5) is 17.1. The zero-order valence-corrected chi connectivity index (χ0v) is 15.4. The zero-order valence-electron chi connectivity index (χ0n) is 14.7. The van der Waals surface area contributed by atoms with Gasteiger partial charge in [-0.2, -0.15) is 0 Å². The van der Waals surface area contributed by atoms with Crippen molar-refractivity contribution in [3.8, 4) is 5.75 Å². The lowest BCUT2D eigenvalue weighted by Gasteiger charge is -2.35. The number of methoxy groups -OCH3 is 1. The van der Waals surface area contributed by atoms with Crippen LogP contribution in [0.5, 0.6) is 5.75 Å². The highest BCUT2D eigenvalue weighted by Gasteiger charge is 2.24. The standard InChI is InChI=1S/C20H23ClN2O2/c1-15-5-3-4-6-16(15)14-22-9-11-23(12-10-22)20(24)18-13-17(21)7-8-19(18)25-2/h3-8,13H,9-12,14H2,1-2H3. The third kappa shape index (κ3) is 4.14. The van der Waals surface area contributed by atoms with Gasteiger partial charge in [0.05, 0.1) is 12.7 Å². The molecule has 3 rings (SSSR count). The average Bonchev–Trinajstić information content (AvgIpc) is 2.63. The number of nitrogens with zero attached hydrogens (tertiary/aromatic N) is 2. The van der Waals surface area contributed by atoms with Crippen LogP contribution in [0.25, 0.3) is 0 Å². The molecule has 4 nitrogen and oxygen atoms in total. The normalized spacial score (nSPS) is 15.2. The topological polar surface area (TPSA) is 32.8 Å². The third-order valence-corrected chi connectivity index (χ3v) is 4.94. The second-order valence-electron chi connectivity index (χ2n) is 6.34. The lowest BCUT2D eigenvalue weighted by molar-refractivity contribution is 0.0625. The maximum atomic E-state index is 12.8. The molecule has 0 aromatic heterocycles. The molecular formula is C20H23ClN2O2. The molecule has 0 N–H and O–H groups in total. The van der Waals surface area contributed by atoms with Crippen LogP contribution >= 0.6 is 11.6 Å². The van der Waals surface area contributed by atoms with Crippen molar-refractivity contribution in [3.05, 3.63) is 64.2 Å². The number of rotatable bonds is 4. The second-order valence-corrected chi connectivity index (χ2v) is 6.78. The summed E-state index contributed by atoms with van der Waals surface area (Å²) < 4.78 is 5.31. The number of ether oxygens (including phenoxy) is 1. The minimum atomic E-state index is -0.0186. The molecule has 0 radical (unpaired) electrons. The number of aryl methyl sites for hydroxylation is 1. The average molecular weight is 359 g/mol. The highest BCUT2D eigenvalue weighted by atomic mass is 35.5. The Hall–Kier alpha value is -2.04. The van der Waals surface area contributed by atoms with Crippen LogP contribution in [0.15, 0.2) is 42.5 Å². The van der Waals surface area contributed by atoms with Gasteiger partial charge in [0.25, 0.3) is 5.91 Å². The highest BCUT2D eigenvalue weighted by molar-refractivity contribution is 6.31. The Morgan fingerprint density at radius 2 is 1.84 bits per heavy atom. The second kappa shape index (κ2) is 7.89. The molecule has 2 aromatic rings. The Morgan fingerprint density at radius 3 is 2.52 bits per heavy atom. The van der Waals surface area contributed by atoms with Gasteiger partial charge < -0.3 is 9.64 Å². The fourth-order valence-corrected chi connectivity index (χ4v) is 3.33. The Kier molecular flexibility index (Phi) is 5.61. The van der Waals surface area contributed by atoms with Crippen LogP contribution in [0, 0.1) is 6.92 Å². The predicted molar refractivity (Wildman–Crippen MR) is 100 cm³/mol. The first kappa shape index (κ1) is 17.8. The maximum Gasteiger partial charge on any atom is 0.257 e. The van der Waals surface area contributed by atoms with Crippen LogP contribution in [-0.4, -0.2) is 49.0 Å². The minimum absolute atomic E-state index is 0.0186. The molecule has 1 aliphatic rings. The Labute approximate surface area is 154 Å². The van der Waals surface area contributed by atoms with Crippen LogP contribution < -0.4 is 4.74 Å². The molecule has 5 heteroatoms. The van der Waals surface area contributed by atoms with E-state index in [0.29, 0.717) is 29.4 Å². The lowest BCUT2D eigenvalue weighted by Crippen LogP contribution is -2.48. The summed E-state index contributed by atoms with van der Waals surface area (Å²) in [7, 11) is 1.57. The van der Waals surface area contributed by atoms with E-state index in [4.69, 9.17) is 16.3 Å². The van der Waals surface area contributed by atoms with E-state index in [1.54, 1.807) is 25.3 Å². The van der Waals surface area contributed by atoms with Gasteiger partial charge in [-0.25, -0.2) is 0 Å². The molecular weight excluding hydrogens is 336 g/mol. The molecule has 25 heavy (non-hydrogen) atoms. The van der Waals surface area contributed by atoms with Gasteiger partial charge in [0.15, 0.2) is 0 Å². The fourth-order valence-electron chi connectivity index (χ4n) is 3.16. The van der Waals surface area contributed by atoms with E-state index >= 15 is 0 Å². The van der Waals surface area contributed by atoms with E-state index in [2.05, 4.69) is 36.1 Å². The van der Waals surface area contributed by atoms with E-state index in [1.165, 1.54) is 11.1 Å². The molecule has 0 spiro atoms. The number of amides is 1. The smallest absolute Gasteiger partial charge is 0.257 e. The van der Waals surface area contributed by atoms with Crippen molar-refractivity contribution in [2.24, 2.45) is 0 Å². The Balaban J connectivity index is 1.63. The number of halogens is 1. The lowest BCUT2D eigenvalue weighted by atomic mass is 10.1. The van der Waals surface area contributed by atoms with Gasteiger partial charge in [0.1, 0.15) is 5.75 Å². The van der Waals surface area contributed by atoms with E-state index in [1.807, 2.05) is 4.90 Å². The van der Waals surface area contributed by atoms with Crippen LogP contribution in [-0.2, 0) is 6.54 Å². The van der Waals surface area contributed by atoms with E-state index in [-0.39, 0.29) is 5.91 Å². The quantitative estimate of drug-likeness (QED) is 0.837. The molecule has 1 heterocycles. The van der Waals surface area contributed by atoms with Crippen molar-refractivity contribution in [3.63, 3.8) is 0 Å². The minimum Gasteiger partial charge on any atom is -0.496 e. The van der Waals surface area contributed by atoms with Crippen LogP contribution in [0.4, 0.5) is 0 Å². The van der Waals surface area contributed by atoms with Crippen molar-refractivity contribution in [2.75, 3.05) is 33.3 Å². The molecule has 0 bridgehead atoms. The van der Waals surface area contributed by atoms with Gasteiger partial charge in [-0.15, -0.1) is 0 Å². The van der Waals surface area contributed by atoms with Crippen molar-refractivity contribution < 1.29 is 9.53 Å². The third-order valence-electron chi connectivity index (χ3n) is 4.71. The molecule has 1 aliphatic heterocycles. The number of carbonyl (C=O) groups is 1. The maximum absolute atomic E-state index is 12.8. The molecule has 1 fully saturated rings. The number of carbonyl (C=O) groups excluding carboxylic acids is 1. The predicted octanol–water partition coefficient (Wildman–Crippen LogP) is 3.62. The van der Waals surface area contributed by atoms with Gasteiger partial charge in [-0.3, -0.25) is 9.69 Å². The van der Waals surface area contributed by atoms with Gasteiger partial charge >= 0.3 is 0 Å². The molecule has 1 amide bonds. The van der Waals surface area contributed by atoms with Gasteiger partial charge in [-0.05, 0) is 36.2 Å². The summed E-state index contributed by atoms with van der Waals surface area (Å²) in [5.74, 6) is 0.548. The highest BCUT2D eigenvalue weighted by Crippen LogP contribution is 2.24. The van der Waals surface area contributed by atoms with Crippen LogP contribution in [0.1, 0.15) is 21.5 Å². The van der Waals surface area contributed by atoms with E-state index in [0.717, 1.165) is 19.6 Å². The largest absolute Gasteiger partial charge is 0.496 e. The van der Waals surface area contributed by atoms with Crippen LogP contribution in [0.2, 0.25) is 5.02 Å². The summed E-state index contributed by atoms with van der Waals surface area (Å²) in [6.45, 7) is 6.21. The van der Waals surface area contributed by atoms with Crippen molar-refractivity contribution in [2.45, 2.75) is 13.5 Å². The first-order valence-electron chi connectivity index (χ1n) is 8.48. The number of hydrogen-bond acceptors (Lipinski definition) is 3. The molecule has 0 aliphatic carbocycles. The summed E-state index contributed by atoms with van der Waals surface area (Å²) in [5.41, 5.74) is 3.19. The van der Waals surface area contributed by atoms with E-state index in [9.17, 15) is 4.79 Å². The molecule has 2 aromatic carbocycles. The molecule has 1 saturated heterocycles. The summed E-state index contributed by atoms with van der Waals surface area (Å²) in [5, 5.41) is 0.544.